The van der Waals surface area contributed by atoms with Crippen LogP contribution in [0, 0.1) is 0 Å². The molecule has 0 unspecified atom stereocenters. The number of amides is 1. The van der Waals surface area contributed by atoms with Crippen LogP contribution >= 0.6 is 11.3 Å². The molecule has 12 heteroatoms. The second-order valence-electron chi connectivity index (χ2n) is 3.93. The van der Waals surface area contributed by atoms with Crippen LogP contribution in [-0.2, 0) is 0 Å². The predicted octanol–water partition coefficient (Wildman–Crippen LogP) is 3.01. The van der Waals surface area contributed by atoms with Gasteiger partial charge in [-0.3, -0.25) is 4.79 Å². The molecule has 0 radical (unpaired) electrons. The lowest BCUT2D eigenvalue weighted by Crippen LogP contribution is -2.56. The number of hydrogen-bond acceptors (Lipinski definition) is 3. The molecule has 2 N–H and O–H groups in total. The molecular weight excluding hydrogens is 347 g/mol. The summed E-state index contributed by atoms with van der Waals surface area (Å²) in [7, 11) is 0. The van der Waals surface area contributed by atoms with Crippen molar-refractivity contribution in [3.05, 3.63) is 21.9 Å². The molecule has 0 fully saturated rings. The van der Waals surface area contributed by atoms with Crippen LogP contribution in [-0.4, -0.2) is 41.5 Å². The van der Waals surface area contributed by atoms with Crippen LogP contribution in [0.1, 0.15) is 20.0 Å². The van der Waals surface area contributed by atoms with Gasteiger partial charge in [0.05, 0.1) is 12.1 Å². The van der Waals surface area contributed by atoms with Gasteiger partial charge in [0.15, 0.2) is 0 Å². The third kappa shape index (κ3) is 3.31. The van der Waals surface area contributed by atoms with E-state index in [4.69, 9.17) is 5.11 Å². The van der Waals surface area contributed by atoms with Crippen molar-refractivity contribution in [3.8, 4) is 0 Å². The molecule has 1 aromatic rings. The Hall–Kier alpha value is -1.85. The Labute approximate surface area is 121 Å². The van der Waals surface area contributed by atoms with Gasteiger partial charge in [0.1, 0.15) is 4.88 Å². The fourth-order valence-corrected chi connectivity index (χ4v) is 2.05. The molecule has 0 atom stereocenters. The van der Waals surface area contributed by atoms with E-state index in [-0.39, 0.29) is 0 Å². The molecule has 0 saturated carbocycles. The van der Waals surface area contributed by atoms with Crippen LogP contribution in [0.3, 0.4) is 0 Å². The van der Waals surface area contributed by atoms with E-state index in [0.717, 1.165) is 11.4 Å². The highest BCUT2D eigenvalue weighted by atomic mass is 32.1. The van der Waals surface area contributed by atoms with Gasteiger partial charge in [0.2, 0.25) is 0 Å². The minimum absolute atomic E-state index is 0.502. The Kier molecular flexibility index (Phi) is 4.75. The van der Waals surface area contributed by atoms with Gasteiger partial charge in [-0.05, 0) is 11.4 Å². The molecule has 22 heavy (non-hydrogen) atoms. The van der Waals surface area contributed by atoms with E-state index in [9.17, 15) is 40.3 Å². The molecule has 1 heterocycles. The number of carbonyl (C=O) groups excluding carboxylic acids is 1. The lowest BCUT2D eigenvalue weighted by Gasteiger charge is -2.28. The van der Waals surface area contributed by atoms with Gasteiger partial charge in [0, 0.05) is 0 Å². The van der Waals surface area contributed by atoms with Crippen molar-refractivity contribution < 1.29 is 45.4 Å². The maximum atomic E-state index is 13.0. The van der Waals surface area contributed by atoms with Crippen LogP contribution in [0.2, 0.25) is 0 Å². The molecule has 0 aliphatic heterocycles. The lowest BCUT2D eigenvalue weighted by molar-refractivity contribution is -0.352. The molecule has 0 aliphatic rings. The molecule has 0 aliphatic carbocycles. The molecular formula is C10H6F7NO3S. The third-order valence-electron chi connectivity index (χ3n) is 2.39. The number of alkyl halides is 7. The number of thiophene rings is 1. The topological polar surface area (TPSA) is 66.4 Å². The van der Waals surface area contributed by atoms with Crippen molar-refractivity contribution in [1.82, 2.24) is 5.32 Å². The number of rotatable bonds is 5. The van der Waals surface area contributed by atoms with Gasteiger partial charge in [-0.15, -0.1) is 11.3 Å². The third-order valence-corrected chi connectivity index (χ3v) is 3.30. The minimum Gasteiger partial charge on any atom is -0.478 e. The van der Waals surface area contributed by atoms with Crippen LogP contribution < -0.4 is 5.32 Å². The number of hydrogen-bond donors (Lipinski definition) is 2. The number of nitrogens with one attached hydrogen (secondary N) is 1. The fraction of sp³-hybridized carbons (Fsp3) is 0.400. The molecule has 0 spiro atoms. The standard InChI is InChI=1S/C10H6F7NO3S/c11-8(12,9(13,14)10(15,16)17)3-18-6(19)5-4(7(20)21)1-2-22-5/h1-2H,3H2,(H,18,19)(H,20,21). The molecule has 124 valence electrons. The number of halogens is 7. The summed E-state index contributed by atoms with van der Waals surface area (Å²) < 4.78 is 86.7. The molecule has 0 bridgehead atoms. The van der Waals surface area contributed by atoms with Crippen LogP contribution in [0.4, 0.5) is 30.7 Å². The highest BCUT2D eigenvalue weighted by molar-refractivity contribution is 7.12. The zero-order valence-electron chi connectivity index (χ0n) is 10.2. The van der Waals surface area contributed by atoms with Gasteiger partial charge in [-0.1, -0.05) is 0 Å². The van der Waals surface area contributed by atoms with Crippen LogP contribution in [0.15, 0.2) is 11.4 Å². The van der Waals surface area contributed by atoms with E-state index in [0.29, 0.717) is 11.3 Å². The lowest BCUT2D eigenvalue weighted by atomic mass is 10.1. The zero-order valence-corrected chi connectivity index (χ0v) is 11.0. The summed E-state index contributed by atoms with van der Waals surface area (Å²) in [4.78, 5) is 21.5. The first-order valence-corrected chi connectivity index (χ1v) is 6.10. The normalized spacial score (nSPS) is 13.0. The van der Waals surface area contributed by atoms with E-state index < -0.39 is 46.9 Å². The number of aromatic carboxylic acids is 1. The maximum Gasteiger partial charge on any atom is 0.459 e. The summed E-state index contributed by atoms with van der Waals surface area (Å²) in [5.41, 5.74) is -0.589. The summed E-state index contributed by atoms with van der Waals surface area (Å²) in [6.07, 6.45) is -6.50. The minimum atomic E-state index is -6.50. The maximum absolute atomic E-state index is 13.0. The predicted molar refractivity (Wildman–Crippen MR) is 59.6 cm³/mol. The summed E-state index contributed by atoms with van der Waals surface area (Å²) in [6, 6.07) is 0.949. The van der Waals surface area contributed by atoms with Crippen molar-refractivity contribution >= 4 is 23.2 Å². The van der Waals surface area contributed by atoms with Crippen molar-refractivity contribution in [2.45, 2.75) is 18.0 Å². The van der Waals surface area contributed by atoms with E-state index in [2.05, 4.69) is 0 Å². The Bertz CT molecular complexity index is 581. The van der Waals surface area contributed by atoms with Gasteiger partial charge in [0.25, 0.3) is 5.91 Å². The fourth-order valence-electron chi connectivity index (χ4n) is 1.24. The molecule has 1 rings (SSSR count). The summed E-state index contributed by atoms with van der Waals surface area (Å²) in [5.74, 6) is -15.0. The molecule has 1 amide bonds. The first-order valence-electron chi connectivity index (χ1n) is 5.22. The average molecular weight is 353 g/mol. The Morgan fingerprint density at radius 2 is 1.68 bits per heavy atom. The van der Waals surface area contributed by atoms with Crippen molar-refractivity contribution in [3.63, 3.8) is 0 Å². The zero-order chi connectivity index (χ0) is 17.3. The highest BCUT2D eigenvalue weighted by Gasteiger charge is 2.72. The molecule has 0 aromatic carbocycles. The van der Waals surface area contributed by atoms with Crippen LogP contribution in [0.25, 0.3) is 0 Å². The van der Waals surface area contributed by atoms with Gasteiger partial charge < -0.3 is 10.4 Å². The van der Waals surface area contributed by atoms with Gasteiger partial charge in [-0.25, -0.2) is 4.79 Å². The van der Waals surface area contributed by atoms with E-state index in [1.807, 2.05) is 0 Å². The van der Waals surface area contributed by atoms with E-state index in [1.165, 1.54) is 5.32 Å². The van der Waals surface area contributed by atoms with Crippen molar-refractivity contribution in [2.75, 3.05) is 6.54 Å². The van der Waals surface area contributed by atoms with Gasteiger partial charge >= 0.3 is 24.0 Å². The summed E-state index contributed by atoms with van der Waals surface area (Å²) in [5, 5.41) is 11.0. The average Bonchev–Trinajstić information content (AvgIpc) is 2.83. The first-order chi connectivity index (χ1) is 9.81. The largest absolute Gasteiger partial charge is 0.478 e. The number of carboxylic acid groups (broad SMARTS) is 1. The summed E-state index contributed by atoms with van der Waals surface area (Å²) in [6.45, 7) is -2.31. The quantitative estimate of drug-likeness (QED) is 0.800. The Morgan fingerprint density at radius 1 is 1.14 bits per heavy atom. The number of carboxylic acids is 1. The SMILES string of the molecule is O=C(O)c1ccsc1C(=O)NCC(F)(F)C(F)(F)C(F)(F)F. The first kappa shape index (κ1) is 18.2. The highest BCUT2D eigenvalue weighted by Crippen LogP contribution is 2.46. The Balaban J connectivity index is 2.87. The smallest absolute Gasteiger partial charge is 0.459 e. The van der Waals surface area contributed by atoms with E-state index >= 15 is 0 Å². The monoisotopic (exact) mass is 353 g/mol. The van der Waals surface area contributed by atoms with E-state index in [1.54, 1.807) is 0 Å². The Morgan fingerprint density at radius 3 is 2.14 bits per heavy atom. The van der Waals surface area contributed by atoms with Crippen molar-refractivity contribution in [2.24, 2.45) is 0 Å². The number of carbonyl (C=O) groups is 2. The molecule has 1 aromatic heterocycles. The molecule has 4 nitrogen and oxygen atoms in total. The van der Waals surface area contributed by atoms with Gasteiger partial charge in [-0.2, -0.15) is 30.7 Å². The molecule has 0 saturated heterocycles. The van der Waals surface area contributed by atoms with Crippen LogP contribution in [0.5, 0.6) is 0 Å². The second kappa shape index (κ2) is 5.74. The second-order valence-corrected chi connectivity index (χ2v) is 4.84. The van der Waals surface area contributed by atoms with Crippen molar-refractivity contribution in [1.29, 1.82) is 0 Å². The summed E-state index contributed by atoms with van der Waals surface area (Å²) >= 11 is 0.502.